The van der Waals surface area contributed by atoms with Gasteiger partial charge in [-0.15, -0.1) is 0 Å². The van der Waals surface area contributed by atoms with E-state index >= 15 is 0 Å². The summed E-state index contributed by atoms with van der Waals surface area (Å²) in [6.07, 6.45) is 0.0119. The van der Waals surface area contributed by atoms with Crippen molar-refractivity contribution in [3.05, 3.63) is 78.6 Å². The first-order chi connectivity index (χ1) is 15.7. The van der Waals surface area contributed by atoms with Gasteiger partial charge in [0, 0.05) is 5.69 Å². The number of anilines is 2. The Bertz CT molecular complexity index is 1180. The first-order valence-corrected chi connectivity index (χ1v) is 11.6. The summed E-state index contributed by atoms with van der Waals surface area (Å²) < 4.78 is 51.7. The Kier molecular flexibility index (Phi) is 7.55. The fourth-order valence-electron chi connectivity index (χ4n) is 3.02. The third-order valence-corrected chi connectivity index (χ3v) is 6.35. The molecule has 0 saturated carbocycles. The Labute approximate surface area is 192 Å². The number of hydrogen-bond donors (Lipinski definition) is 1. The van der Waals surface area contributed by atoms with Crippen LogP contribution < -0.4 is 19.1 Å². The maximum absolute atomic E-state index is 13.4. The van der Waals surface area contributed by atoms with Crippen molar-refractivity contribution < 1.29 is 27.1 Å². The van der Waals surface area contributed by atoms with E-state index in [0.29, 0.717) is 17.2 Å². The molecule has 174 valence electrons. The fourth-order valence-corrected chi connectivity index (χ4v) is 4.44. The SMILES string of the molecule is COc1ccc(S(=O)(=O)N(CC(=O)Nc2ccc(OC(C)C)cc2)c2ccc(F)cc2)cc1. The lowest BCUT2D eigenvalue weighted by molar-refractivity contribution is -0.114. The van der Waals surface area contributed by atoms with E-state index in [4.69, 9.17) is 9.47 Å². The van der Waals surface area contributed by atoms with Gasteiger partial charge in [0.25, 0.3) is 10.0 Å². The number of carbonyl (C=O) groups excluding carboxylic acids is 1. The van der Waals surface area contributed by atoms with Crippen LogP contribution in [0, 0.1) is 5.82 Å². The lowest BCUT2D eigenvalue weighted by Crippen LogP contribution is -2.38. The predicted octanol–water partition coefficient (Wildman–Crippen LogP) is 4.46. The van der Waals surface area contributed by atoms with Crippen molar-refractivity contribution in [1.29, 1.82) is 0 Å². The number of halogens is 1. The number of rotatable bonds is 9. The average Bonchev–Trinajstić information content (AvgIpc) is 2.79. The number of carbonyl (C=O) groups is 1. The molecule has 0 aromatic heterocycles. The third-order valence-electron chi connectivity index (χ3n) is 4.56. The summed E-state index contributed by atoms with van der Waals surface area (Å²) in [5, 5.41) is 2.68. The largest absolute Gasteiger partial charge is 0.497 e. The van der Waals surface area contributed by atoms with Gasteiger partial charge in [-0.05, 0) is 86.6 Å². The van der Waals surface area contributed by atoms with E-state index < -0.39 is 28.3 Å². The molecule has 0 fully saturated rings. The zero-order chi connectivity index (χ0) is 24.0. The number of methoxy groups -OCH3 is 1. The minimum atomic E-state index is -4.13. The van der Waals surface area contributed by atoms with Gasteiger partial charge in [0.05, 0.1) is 23.8 Å². The Morgan fingerprint density at radius 2 is 1.52 bits per heavy atom. The van der Waals surface area contributed by atoms with E-state index in [0.717, 1.165) is 16.4 Å². The van der Waals surface area contributed by atoms with Crippen LogP contribution in [-0.4, -0.2) is 34.1 Å². The highest BCUT2D eigenvalue weighted by molar-refractivity contribution is 7.92. The van der Waals surface area contributed by atoms with Gasteiger partial charge in [0.1, 0.15) is 23.9 Å². The summed E-state index contributed by atoms with van der Waals surface area (Å²) in [7, 11) is -2.65. The zero-order valence-electron chi connectivity index (χ0n) is 18.5. The van der Waals surface area contributed by atoms with Crippen LogP contribution in [0.5, 0.6) is 11.5 Å². The summed E-state index contributed by atoms with van der Waals surface area (Å²) in [4.78, 5) is 12.7. The molecule has 0 bridgehead atoms. The molecule has 33 heavy (non-hydrogen) atoms. The maximum atomic E-state index is 13.4. The molecule has 0 aliphatic rings. The number of nitrogens with zero attached hydrogens (tertiary/aromatic N) is 1. The fraction of sp³-hybridized carbons (Fsp3) is 0.208. The van der Waals surface area contributed by atoms with Gasteiger partial charge in [-0.1, -0.05) is 0 Å². The molecule has 1 N–H and O–H groups in total. The van der Waals surface area contributed by atoms with Crippen molar-refractivity contribution in [1.82, 2.24) is 0 Å². The molecule has 0 spiro atoms. The van der Waals surface area contributed by atoms with E-state index in [2.05, 4.69) is 5.32 Å². The summed E-state index contributed by atoms with van der Waals surface area (Å²) in [6.45, 7) is 3.30. The highest BCUT2D eigenvalue weighted by Crippen LogP contribution is 2.26. The van der Waals surface area contributed by atoms with Crippen molar-refractivity contribution in [2.75, 3.05) is 23.3 Å². The van der Waals surface area contributed by atoms with Crippen molar-refractivity contribution in [3.8, 4) is 11.5 Å². The summed E-state index contributed by atoms with van der Waals surface area (Å²) in [6, 6.07) is 17.4. The Morgan fingerprint density at radius 1 is 0.939 bits per heavy atom. The zero-order valence-corrected chi connectivity index (χ0v) is 19.3. The van der Waals surface area contributed by atoms with Gasteiger partial charge >= 0.3 is 0 Å². The van der Waals surface area contributed by atoms with Gasteiger partial charge < -0.3 is 14.8 Å². The second-order valence-electron chi connectivity index (χ2n) is 7.40. The van der Waals surface area contributed by atoms with Crippen LogP contribution in [0.4, 0.5) is 15.8 Å². The minimum Gasteiger partial charge on any atom is -0.497 e. The Balaban J connectivity index is 1.85. The maximum Gasteiger partial charge on any atom is 0.264 e. The Hall–Kier alpha value is -3.59. The van der Waals surface area contributed by atoms with E-state index in [-0.39, 0.29) is 16.7 Å². The highest BCUT2D eigenvalue weighted by Gasteiger charge is 2.27. The van der Waals surface area contributed by atoms with Crippen molar-refractivity contribution in [3.63, 3.8) is 0 Å². The van der Waals surface area contributed by atoms with Gasteiger partial charge in [-0.25, -0.2) is 12.8 Å². The monoisotopic (exact) mass is 472 g/mol. The summed E-state index contributed by atoms with van der Waals surface area (Å²) >= 11 is 0. The molecule has 9 heteroatoms. The average molecular weight is 473 g/mol. The second kappa shape index (κ2) is 10.4. The van der Waals surface area contributed by atoms with Gasteiger partial charge in [0.15, 0.2) is 0 Å². The number of ether oxygens (including phenoxy) is 2. The summed E-state index contributed by atoms with van der Waals surface area (Å²) in [5.41, 5.74) is 0.639. The molecule has 0 aliphatic heterocycles. The van der Waals surface area contributed by atoms with Crippen LogP contribution in [-0.2, 0) is 14.8 Å². The molecule has 0 atom stereocenters. The van der Waals surface area contributed by atoms with E-state index in [1.54, 1.807) is 24.3 Å². The molecule has 7 nitrogen and oxygen atoms in total. The number of benzene rings is 3. The molecule has 3 rings (SSSR count). The lowest BCUT2D eigenvalue weighted by Gasteiger charge is -2.24. The predicted molar refractivity (Wildman–Crippen MR) is 125 cm³/mol. The smallest absolute Gasteiger partial charge is 0.264 e. The molecular formula is C24H25FN2O5S. The van der Waals surface area contributed by atoms with Crippen LogP contribution in [0.3, 0.4) is 0 Å². The summed E-state index contributed by atoms with van der Waals surface area (Å²) in [5.74, 6) is 0.0607. The molecule has 3 aromatic carbocycles. The van der Waals surface area contributed by atoms with Gasteiger partial charge in [0.2, 0.25) is 5.91 Å². The van der Waals surface area contributed by atoms with Crippen LogP contribution in [0.25, 0.3) is 0 Å². The van der Waals surface area contributed by atoms with Crippen molar-refractivity contribution in [2.45, 2.75) is 24.8 Å². The molecule has 0 unspecified atom stereocenters. The van der Waals surface area contributed by atoms with E-state index in [1.165, 1.54) is 43.5 Å². The van der Waals surface area contributed by atoms with E-state index in [9.17, 15) is 17.6 Å². The molecule has 0 saturated heterocycles. The van der Waals surface area contributed by atoms with Crippen molar-refractivity contribution in [2.24, 2.45) is 0 Å². The number of sulfonamides is 1. The number of nitrogens with one attached hydrogen (secondary N) is 1. The lowest BCUT2D eigenvalue weighted by atomic mass is 10.3. The molecule has 3 aromatic rings. The number of amides is 1. The highest BCUT2D eigenvalue weighted by atomic mass is 32.2. The first-order valence-electron chi connectivity index (χ1n) is 10.2. The second-order valence-corrected chi connectivity index (χ2v) is 9.27. The number of hydrogen-bond acceptors (Lipinski definition) is 5. The van der Waals surface area contributed by atoms with Gasteiger partial charge in [-0.3, -0.25) is 9.10 Å². The molecule has 0 aliphatic carbocycles. The third kappa shape index (κ3) is 6.23. The van der Waals surface area contributed by atoms with Crippen molar-refractivity contribution >= 4 is 27.3 Å². The normalized spacial score (nSPS) is 11.2. The topological polar surface area (TPSA) is 84.9 Å². The Morgan fingerprint density at radius 3 is 2.06 bits per heavy atom. The van der Waals surface area contributed by atoms with Crippen LogP contribution in [0.1, 0.15) is 13.8 Å². The first kappa shape index (κ1) is 24.1. The molecule has 0 heterocycles. The minimum absolute atomic E-state index is 0.0119. The molecule has 0 radical (unpaired) electrons. The molecule has 1 amide bonds. The standard InChI is InChI=1S/C24H25FN2O5S/c1-17(2)32-22-10-6-19(7-11-22)26-24(28)16-27(20-8-4-18(25)5-9-20)33(29,30)23-14-12-21(31-3)13-15-23/h4-15,17H,16H2,1-3H3,(H,26,28). The molecular weight excluding hydrogens is 447 g/mol. The quantitative estimate of drug-likeness (QED) is 0.497. The van der Waals surface area contributed by atoms with Crippen LogP contribution in [0.2, 0.25) is 0 Å². The van der Waals surface area contributed by atoms with Crippen LogP contribution >= 0.6 is 0 Å². The van der Waals surface area contributed by atoms with Gasteiger partial charge in [-0.2, -0.15) is 0 Å². The van der Waals surface area contributed by atoms with Crippen LogP contribution in [0.15, 0.2) is 77.7 Å². The van der Waals surface area contributed by atoms with E-state index in [1.807, 2.05) is 13.8 Å².